The second-order valence-electron chi connectivity index (χ2n) is 11.1. The van der Waals surface area contributed by atoms with Crippen LogP contribution < -0.4 is 0 Å². The van der Waals surface area contributed by atoms with Gasteiger partial charge < -0.3 is 9.84 Å². The number of hydrogen-bond donors (Lipinski definition) is 1. The lowest BCUT2D eigenvalue weighted by molar-refractivity contribution is -0.231. The number of carbonyl (C=O) groups excluding carboxylic acids is 2. The minimum atomic E-state index is -0.403. The summed E-state index contributed by atoms with van der Waals surface area (Å²) in [4.78, 5) is 24.9. The molecule has 4 aliphatic carbocycles. The van der Waals surface area contributed by atoms with Crippen LogP contribution in [-0.2, 0) is 14.3 Å². The van der Waals surface area contributed by atoms with Gasteiger partial charge in [0.25, 0.3) is 0 Å². The summed E-state index contributed by atoms with van der Waals surface area (Å²) in [6.07, 6.45) is 9.25. The van der Waals surface area contributed by atoms with Crippen molar-refractivity contribution in [3.05, 3.63) is 23.0 Å². The predicted molar refractivity (Wildman–Crippen MR) is 110 cm³/mol. The van der Waals surface area contributed by atoms with Gasteiger partial charge in [-0.1, -0.05) is 20.8 Å². The molecule has 7 unspecified atom stereocenters. The molecule has 1 aliphatic heterocycles. The molecule has 0 aromatic heterocycles. The summed E-state index contributed by atoms with van der Waals surface area (Å²) in [5, 5.41) is 10.3. The van der Waals surface area contributed by atoms with E-state index >= 15 is 0 Å². The number of aliphatic hydroxyl groups is 1. The van der Waals surface area contributed by atoms with E-state index in [-0.39, 0.29) is 22.7 Å². The van der Waals surface area contributed by atoms with Crippen molar-refractivity contribution in [1.82, 2.24) is 0 Å². The van der Waals surface area contributed by atoms with Crippen molar-refractivity contribution < 1.29 is 19.4 Å². The molecule has 5 aliphatic rings. The Bertz CT molecular complexity index is 853. The number of fused-ring (bicyclic) bond motifs is 4. The lowest BCUT2D eigenvalue weighted by atomic mass is 9.40. The number of ether oxygens (including phenoxy) is 1. The van der Waals surface area contributed by atoms with Crippen molar-refractivity contribution in [3.63, 3.8) is 0 Å². The molecule has 5 rings (SSSR count). The smallest absolute Gasteiger partial charge is 0.232 e. The van der Waals surface area contributed by atoms with E-state index in [0.717, 1.165) is 44.1 Å². The first-order valence-electron chi connectivity index (χ1n) is 11.5. The van der Waals surface area contributed by atoms with E-state index in [0.29, 0.717) is 35.5 Å². The molecule has 1 N–H and O–H groups in total. The van der Waals surface area contributed by atoms with Crippen LogP contribution in [0.1, 0.15) is 79.1 Å². The Hall–Kier alpha value is -1.42. The third-order valence-electron chi connectivity index (χ3n) is 9.94. The van der Waals surface area contributed by atoms with Crippen molar-refractivity contribution >= 4 is 11.6 Å². The summed E-state index contributed by atoms with van der Waals surface area (Å²) in [6, 6.07) is 0. The van der Waals surface area contributed by atoms with Gasteiger partial charge in [-0.15, -0.1) is 0 Å². The Morgan fingerprint density at radius 3 is 2.62 bits per heavy atom. The highest BCUT2D eigenvalue weighted by Gasteiger charge is 2.68. The molecule has 0 aromatic rings. The van der Waals surface area contributed by atoms with E-state index in [1.165, 1.54) is 12.5 Å². The first-order chi connectivity index (χ1) is 13.6. The van der Waals surface area contributed by atoms with Crippen molar-refractivity contribution in [2.75, 3.05) is 0 Å². The van der Waals surface area contributed by atoms with Crippen LogP contribution in [0.15, 0.2) is 23.0 Å². The molecule has 3 fully saturated rings. The SMILES string of the molecule is CC1=CC(=O)C(=O)C2=C1OC1(C2)C(C)CCC2C3(C)CCC(O)CC3CCC21C. The molecule has 1 spiro atoms. The lowest BCUT2D eigenvalue weighted by Gasteiger charge is -2.66. The zero-order valence-electron chi connectivity index (χ0n) is 18.2. The van der Waals surface area contributed by atoms with Crippen LogP contribution in [0.5, 0.6) is 0 Å². The first kappa shape index (κ1) is 19.5. The second-order valence-corrected chi connectivity index (χ2v) is 11.1. The fourth-order valence-electron chi connectivity index (χ4n) is 8.24. The zero-order valence-corrected chi connectivity index (χ0v) is 18.2. The Morgan fingerprint density at radius 1 is 1.10 bits per heavy atom. The van der Waals surface area contributed by atoms with Crippen molar-refractivity contribution in [2.45, 2.75) is 90.8 Å². The number of hydrogen-bond acceptors (Lipinski definition) is 4. The van der Waals surface area contributed by atoms with Gasteiger partial charge in [-0.2, -0.15) is 0 Å². The van der Waals surface area contributed by atoms with Crippen molar-refractivity contribution in [2.24, 2.45) is 28.6 Å². The average Bonchev–Trinajstić information content (AvgIpc) is 3.09. The Morgan fingerprint density at radius 2 is 1.86 bits per heavy atom. The normalized spacial score (nSPS) is 49.3. The minimum Gasteiger partial charge on any atom is -0.485 e. The highest BCUT2D eigenvalue weighted by atomic mass is 16.5. The third-order valence-corrected chi connectivity index (χ3v) is 9.94. The van der Waals surface area contributed by atoms with Gasteiger partial charge >= 0.3 is 0 Å². The van der Waals surface area contributed by atoms with Crippen LogP contribution in [0.3, 0.4) is 0 Å². The maximum absolute atomic E-state index is 12.7. The van der Waals surface area contributed by atoms with Gasteiger partial charge in [0, 0.05) is 17.4 Å². The number of rotatable bonds is 0. The van der Waals surface area contributed by atoms with Gasteiger partial charge in [0.05, 0.1) is 6.10 Å². The lowest BCUT2D eigenvalue weighted by Crippen LogP contribution is -2.65. The monoisotopic (exact) mass is 398 g/mol. The van der Waals surface area contributed by atoms with Gasteiger partial charge in [-0.25, -0.2) is 0 Å². The van der Waals surface area contributed by atoms with Gasteiger partial charge in [-0.3, -0.25) is 9.59 Å². The first-order valence-corrected chi connectivity index (χ1v) is 11.5. The second kappa shape index (κ2) is 6.06. The van der Waals surface area contributed by atoms with Crippen LogP contribution >= 0.6 is 0 Å². The molecule has 3 saturated carbocycles. The molecule has 4 nitrogen and oxygen atoms in total. The number of carbonyl (C=O) groups is 2. The number of ketones is 2. The molecule has 0 radical (unpaired) electrons. The van der Waals surface area contributed by atoms with Crippen molar-refractivity contribution in [3.8, 4) is 0 Å². The predicted octanol–water partition coefficient (Wildman–Crippen LogP) is 4.51. The van der Waals surface area contributed by atoms with Crippen molar-refractivity contribution in [1.29, 1.82) is 0 Å². The fourth-order valence-corrected chi connectivity index (χ4v) is 8.24. The largest absolute Gasteiger partial charge is 0.485 e. The number of aliphatic hydroxyl groups excluding tert-OH is 1. The molecular weight excluding hydrogens is 364 g/mol. The molecule has 0 saturated heterocycles. The quantitative estimate of drug-likeness (QED) is 0.482. The molecule has 0 amide bonds. The summed E-state index contributed by atoms with van der Waals surface area (Å²) < 4.78 is 6.84. The van der Waals surface area contributed by atoms with Crippen LogP contribution in [0.2, 0.25) is 0 Å². The molecule has 29 heavy (non-hydrogen) atoms. The topological polar surface area (TPSA) is 63.6 Å². The fraction of sp³-hybridized carbons (Fsp3) is 0.760. The maximum Gasteiger partial charge on any atom is 0.232 e. The Labute approximate surface area is 173 Å². The summed E-state index contributed by atoms with van der Waals surface area (Å²) >= 11 is 0. The highest BCUT2D eigenvalue weighted by Crippen LogP contribution is 2.70. The average molecular weight is 399 g/mol. The number of Topliss-reactive ketones (excluding diaryl/α,β-unsaturated/α-hetero) is 1. The van der Waals surface area contributed by atoms with Crippen LogP contribution in [-0.4, -0.2) is 28.4 Å². The highest BCUT2D eigenvalue weighted by molar-refractivity contribution is 6.48. The minimum absolute atomic E-state index is 0.0286. The van der Waals surface area contributed by atoms with E-state index in [2.05, 4.69) is 20.8 Å². The van der Waals surface area contributed by atoms with E-state index in [4.69, 9.17) is 4.74 Å². The van der Waals surface area contributed by atoms with Crippen LogP contribution in [0, 0.1) is 28.6 Å². The van der Waals surface area contributed by atoms with E-state index in [1.54, 1.807) is 0 Å². The van der Waals surface area contributed by atoms with Gasteiger partial charge in [0.2, 0.25) is 11.6 Å². The summed E-state index contributed by atoms with van der Waals surface area (Å²) in [5.74, 6) is 1.37. The maximum atomic E-state index is 12.7. The summed E-state index contributed by atoms with van der Waals surface area (Å²) in [7, 11) is 0. The standard InChI is InChI=1S/C25H34O4/c1-14-11-19(27)21(28)18-13-25(29-22(14)18)15(2)5-6-20-23(3)9-8-17(26)12-16(23)7-10-24(20,25)4/h11,15-17,20,26H,5-10,12-13H2,1-4H3. The Balaban J connectivity index is 1.56. The van der Waals surface area contributed by atoms with Crippen LogP contribution in [0.4, 0.5) is 0 Å². The summed E-state index contributed by atoms with van der Waals surface area (Å²) in [6.45, 7) is 9.04. The molecule has 158 valence electrons. The number of allylic oxidation sites excluding steroid dienone is 2. The molecule has 7 atom stereocenters. The molecule has 0 bridgehead atoms. The zero-order chi connectivity index (χ0) is 20.8. The Kier molecular flexibility index (Phi) is 4.08. The third kappa shape index (κ3) is 2.35. The summed E-state index contributed by atoms with van der Waals surface area (Å²) in [5.41, 5.74) is 1.21. The molecule has 4 heteroatoms. The van der Waals surface area contributed by atoms with Gasteiger partial charge in [-0.05, 0) is 86.7 Å². The van der Waals surface area contributed by atoms with Gasteiger partial charge in [0.1, 0.15) is 11.4 Å². The van der Waals surface area contributed by atoms with Crippen LogP contribution in [0.25, 0.3) is 0 Å². The molecule has 1 heterocycles. The van der Waals surface area contributed by atoms with E-state index in [1.807, 2.05) is 6.92 Å². The van der Waals surface area contributed by atoms with Gasteiger partial charge in [0.15, 0.2) is 0 Å². The van der Waals surface area contributed by atoms with E-state index < -0.39 is 11.4 Å². The van der Waals surface area contributed by atoms with E-state index in [9.17, 15) is 14.7 Å². The molecular formula is C25H34O4. The molecule has 0 aromatic carbocycles.